The number of carbonyl (C=O) groups is 1. The molecule has 1 amide bonds. The fourth-order valence-electron chi connectivity index (χ4n) is 3.45. The summed E-state index contributed by atoms with van der Waals surface area (Å²) < 4.78 is 17.4. The van der Waals surface area contributed by atoms with Crippen molar-refractivity contribution < 1.29 is 19.0 Å². The van der Waals surface area contributed by atoms with Gasteiger partial charge in [0.15, 0.2) is 18.1 Å². The van der Waals surface area contributed by atoms with Crippen LogP contribution in [0.1, 0.15) is 30.5 Å². The second-order valence-electron chi connectivity index (χ2n) is 8.14. The largest absolute Gasteiger partial charge is 0.489 e. The number of fused-ring (bicyclic) bond motifs is 1. The average molecular weight is 418 g/mol. The van der Waals surface area contributed by atoms with E-state index >= 15 is 0 Å². The molecule has 3 aromatic rings. The Morgan fingerprint density at radius 3 is 2.68 bits per heavy atom. The third-order valence-electron chi connectivity index (χ3n) is 4.96. The zero-order chi connectivity index (χ0) is 21.7. The molecule has 31 heavy (non-hydrogen) atoms. The van der Waals surface area contributed by atoms with E-state index in [4.69, 9.17) is 14.2 Å². The van der Waals surface area contributed by atoms with Crippen molar-refractivity contribution in [2.45, 2.75) is 39.0 Å². The topological polar surface area (TPSA) is 69.7 Å². The Morgan fingerprint density at radius 2 is 1.90 bits per heavy atom. The number of hydrogen-bond acceptors (Lipinski definition) is 5. The summed E-state index contributed by atoms with van der Waals surface area (Å²) in [6.07, 6.45) is 4.34. The molecule has 2 aromatic carbocycles. The van der Waals surface area contributed by atoms with Crippen LogP contribution in [0.5, 0.6) is 17.2 Å². The Kier molecular flexibility index (Phi) is 6.07. The van der Waals surface area contributed by atoms with Gasteiger partial charge in [-0.25, -0.2) is 0 Å². The van der Waals surface area contributed by atoms with Crippen LogP contribution in [0.4, 0.5) is 0 Å². The Labute approximate surface area is 182 Å². The van der Waals surface area contributed by atoms with Crippen molar-refractivity contribution >= 4 is 5.91 Å². The van der Waals surface area contributed by atoms with Gasteiger partial charge in [0.2, 0.25) is 0 Å². The molecule has 0 atom stereocenters. The fourth-order valence-corrected chi connectivity index (χ4v) is 3.45. The molecule has 4 rings (SSSR count). The molecule has 0 fully saturated rings. The first-order valence-corrected chi connectivity index (χ1v) is 10.3. The van der Waals surface area contributed by atoms with Gasteiger partial charge in [0.25, 0.3) is 5.91 Å². The lowest BCUT2D eigenvalue weighted by Gasteiger charge is -2.18. The van der Waals surface area contributed by atoms with Gasteiger partial charge in [0.1, 0.15) is 18.0 Å². The number of hydrogen-bond donors (Lipinski definition) is 1. The first kappa shape index (κ1) is 20.7. The van der Waals surface area contributed by atoms with Crippen molar-refractivity contribution in [1.82, 2.24) is 10.3 Å². The number of pyridine rings is 1. The zero-order valence-corrected chi connectivity index (χ0v) is 17.8. The summed E-state index contributed by atoms with van der Waals surface area (Å²) in [5.74, 6) is 1.92. The second kappa shape index (κ2) is 9.08. The van der Waals surface area contributed by atoms with E-state index < -0.39 is 0 Å². The molecule has 1 aromatic heterocycles. The van der Waals surface area contributed by atoms with Gasteiger partial charge in [-0.1, -0.05) is 30.3 Å². The van der Waals surface area contributed by atoms with Crippen LogP contribution in [0.3, 0.4) is 0 Å². The molecule has 160 valence electrons. The molecule has 2 heterocycles. The number of rotatable bonds is 8. The molecular formula is C25H26N2O4. The third kappa shape index (κ3) is 5.54. The summed E-state index contributed by atoms with van der Waals surface area (Å²) in [4.78, 5) is 16.3. The lowest BCUT2D eigenvalue weighted by Crippen LogP contribution is -2.28. The second-order valence-corrected chi connectivity index (χ2v) is 8.14. The predicted molar refractivity (Wildman–Crippen MR) is 117 cm³/mol. The molecule has 0 bridgehead atoms. The Balaban J connectivity index is 1.23. The predicted octanol–water partition coefficient (Wildman–Crippen LogP) is 4.07. The molecule has 1 aliphatic rings. The maximum Gasteiger partial charge on any atom is 0.258 e. The summed E-state index contributed by atoms with van der Waals surface area (Å²) in [5, 5.41) is 2.88. The van der Waals surface area contributed by atoms with Gasteiger partial charge in [-0.2, -0.15) is 0 Å². The minimum Gasteiger partial charge on any atom is -0.489 e. The van der Waals surface area contributed by atoms with E-state index in [-0.39, 0.29) is 18.1 Å². The molecule has 0 saturated carbocycles. The highest BCUT2D eigenvalue weighted by Crippen LogP contribution is 2.41. The summed E-state index contributed by atoms with van der Waals surface area (Å²) in [5.41, 5.74) is 2.84. The summed E-state index contributed by atoms with van der Waals surface area (Å²) in [7, 11) is 0. The van der Waals surface area contributed by atoms with E-state index in [9.17, 15) is 4.79 Å². The molecular weight excluding hydrogens is 392 g/mol. The number of amides is 1. The Hall–Kier alpha value is -3.54. The molecule has 1 aliphatic heterocycles. The van der Waals surface area contributed by atoms with E-state index in [0.717, 1.165) is 34.6 Å². The van der Waals surface area contributed by atoms with E-state index in [1.807, 2.05) is 68.4 Å². The standard InChI is InChI=1S/C25H26N2O4/c1-25(2)13-20-6-3-7-22(24(20)31-25)30-17-23(28)27-15-18-8-10-21(11-9-18)29-16-19-5-4-12-26-14-19/h3-12,14H,13,15-17H2,1-2H3,(H,27,28). The van der Waals surface area contributed by atoms with Crippen molar-refractivity contribution in [2.24, 2.45) is 0 Å². The highest BCUT2D eigenvalue weighted by Gasteiger charge is 2.32. The molecule has 0 spiro atoms. The van der Waals surface area contributed by atoms with Gasteiger partial charge in [0, 0.05) is 36.5 Å². The monoisotopic (exact) mass is 418 g/mol. The van der Waals surface area contributed by atoms with Gasteiger partial charge < -0.3 is 19.5 Å². The molecule has 6 heteroatoms. The summed E-state index contributed by atoms with van der Waals surface area (Å²) in [6.45, 7) is 4.90. The quantitative estimate of drug-likeness (QED) is 0.597. The van der Waals surface area contributed by atoms with Crippen LogP contribution >= 0.6 is 0 Å². The van der Waals surface area contributed by atoms with Gasteiger partial charge in [-0.05, 0) is 43.7 Å². The number of benzene rings is 2. The van der Waals surface area contributed by atoms with E-state index in [1.165, 1.54) is 0 Å². The summed E-state index contributed by atoms with van der Waals surface area (Å²) >= 11 is 0. The van der Waals surface area contributed by atoms with E-state index in [1.54, 1.807) is 12.4 Å². The Bertz CT molecular complexity index is 1030. The first-order chi connectivity index (χ1) is 15.0. The number of carbonyl (C=O) groups excluding carboxylic acids is 1. The van der Waals surface area contributed by atoms with E-state index in [2.05, 4.69) is 10.3 Å². The van der Waals surface area contributed by atoms with Crippen molar-refractivity contribution in [3.63, 3.8) is 0 Å². The normalized spacial score (nSPS) is 13.7. The van der Waals surface area contributed by atoms with Crippen LogP contribution in [0.2, 0.25) is 0 Å². The maximum absolute atomic E-state index is 12.2. The molecule has 1 N–H and O–H groups in total. The van der Waals surface area contributed by atoms with Crippen molar-refractivity contribution in [2.75, 3.05) is 6.61 Å². The smallest absolute Gasteiger partial charge is 0.258 e. The first-order valence-electron chi connectivity index (χ1n) is 10.3. The summed E-state index contributed by atoms with van der Waals surface area (Å²) in [6, 6.07) is 17.3. The average Bonchev–Trinajstić information content (AvgIpc) is 3.10. The maximum atomic E-state index is 12.2. The number of aromatic nitrogens is 1. The fraction of sp³-hybridized carbons (Fsp3) is 0.280. The van der Waals surface area contributed by atoms with Crippen LogP contribution < -0.4 is 19.5 Å². The van der Waals surface area contributed by atoms with Gasteiger partial charge in [-0.3, -0.25) is 9.78 Å². The van der Waals surface area contributed by atoms with Gasteiger partial charge in [-0.15, -0.1) is 0 Å². The highest BCUT2D eigenvalue weighted by molar-refractivity contribution is 5.77. The zero-order valence-electron chi connectivity index (χ0n) is 17.8. The lowest BCUT2D eigenvalue weighted by molar-refractivity contribution is -0.123. The van der Waals surface area contributed by atoms with Crippen LogP contribution in [0, 0.1) is 0 Å². The van der Waals surface area contributed by atoms with Crippen molar-refractivity contribution in [3.8, 4) is 17.2 Å². The van der Waals surface area contributed by atoms with Crippen molar-refractivity contribution in [3.05, 3.63) is 83.7 Å². The molecule has 0 saturated heterocycles. The van der Waals surface area contributed by atoms with Crippen LogP contribution in [-0.2, 0) is 24.4 Å². The van der Waals surface area contributed by atoms with Gasteiger partial charge >= 0.3 is 0 Å². The molecule has 0 unspecified atom stereocenters. The Morgan fingerprint density at radius 1 is 1.06 bits per heavy atom. The van der Waals surface area contributed by atoms with Crippen molar-refractivity contribution in [1.29, 1.82) is 0 Å². The molecule has 0 aliphatic carbocycles. The van der Waals surface area contributed by atoms with Crippen LogP contribution in [0.15, 0.2) is 67.0 Å². The van der Waals surface area contributed by atoms with Crippen LogP contribution in [0.25, 0.3) is 0 Å². The molecule has 6 nitrogen and oxygen atoms in total. The minimum atomic E-state index is -0.252. The van der Waals surface area contributed by atoms with E-state index in [0.29, 0.717) is 18.9 Å². The third-order valence-corrected chi connectivity index (χ3v) is 4.96. The molecule has 0 radical (unpaired) electrons. The minimum absolute atomic E-state index is 0.0629. The number of para-hydroxylation sites is 1. The SMILES string of the molecule is CC1(C)Cc2cccc(OCC(=O)NCc3ccc(OCc4cccnc4)cc3)c2O1. The number of ether oxygens (including phenoxy) is 3. The van der Waals surface area contributed by atoms with Gasteiger partial charge in [0.05, 0.1) is 0 Å². The lowest BCUT2D eigenvalue weighted by atomic mass is 10.0. The number of nitrogens with zero attached hydrogens (tertiary/aromatic N) is 1. The number of nitrogens with one attached hydrogen (secondary N) is 1. The van der Waals surface area contributed by atoms with Crippen LogP contribution in [-0.4, -0.2) is 23.1 Å². The highest BCUT2D eigenvalue weighted by atomic mass is 16.5.